The minimum absolute atomic E-state index is 0.0451. The van der Waals surface area contributed by atoms with Crippen LogP contribution in [0.2, 0.25) is 0 Å². The molecule has 2 unspecified atom stereocenters. The Bertz CT molecular complexity index is 703. The molecule has 1 aromatic carbocycles. The molecule has 6 nitrogen and oxygen atoms in total. The molecule has 2 N–H and O–H groups in total. The first-order chi connectivity index (χ1) is 11.8. The molecule has 25 heavy (non-hydrogen) atoms. The number of aliphatic imine (C=N–C) groups is 1. The summed E-state index contributed by atoms with van der Waals surface area (Å²) in [5, 5.41) is 6.61. The average Bonchev–Trinajstić information content (AvgIpc) is 3.00. The Labute approximate surface area is 151 Å². The highest BCUT2D eigenvalue weighted by Gasteiger charge is 2.23. The van der Waals surface area contributed by atoms with Gasteiger partial charge in [0, 0.05) is 44.2 Å². The normalized spacial score (nSPS) is 17.1. The summed E-state index contributed by atoms with van der Waals surface area (Å²) in [6.07, 6.45) is 2.92. The van der Waals surface area contributed by atoms with Crippen LogP contribution in [0.4, 0.5) is 5.69 Å². The summed E-state index contributed by atoms with van der Waals surface area (Å²) >= 11 is 0. The van der Waals surface area contributed by atoms with Crippen LogP contribution in [-0.2, 0) is 16.3 Å². The zero-order chi connectivity index (χ0) is 18.4. The Kier molecular flexibility index (Phi) is 6.70. The van der Waals surface area contributed by atoms with Gasteiger partial charge in [-0.1, -0.05) is 18.2 Å². The summed E-state index contributed by atoms with van der Waals surface area (Å²) in [5.41, 5.74) is 2.73. The van der Waals surface area contributed by atoms with Gasteiger partial charge in [0.2, 0.25) is 0 Å². The van der Waals surface area contributed by atoms with Crippen LogP contribution >= 0.6 is 0 Å². The molecular formula is C18H30N4O2S. The van der Waals surface area contributed by atoms with Crippen molar-refractivity contribution in [2.45, 2.75) is 38.8 Å². The fraction of sp³-hybridized carbons (Fsp3) is 0.611. The number of rotatable bonds is 7. The standard InChI is InChI=1S/C18H30N4O2S/c1-14(10-12-25(4,23)24)21-18(19-3)20-13-15(2)22-11-9-16-7-5-6-8-17(16)22/h5-8,14-15H,9-13H2,1-4H3,(H2,19,20,21). The SMILES string of the molecule is CN=C(NCC(C)N1CCc2ccccc21)NC(C)CCS(C)(=O)=O. The van der Waals surface area contributed by atoms with Crippen LogP contribution in [0.5, 0.6) is 0 Å². The van der Waals surface area contributed by atoms with E-state index in [9.17, 15) is 8.42 Å². The third kappa shape index (κ3) is 5.92. The van der Waals surface area contributed by atoms with Crippen LogP contribution in [0.25, 0.3) is 0 Å². The number of para-hydroxylation sites is 1. The van der Waals surface area contributed by atoms with E-state index in [1.54, 1.807) is 7.05 Å². The lowest BCUT2D eigenvalue weighted by molar-refractivity contribution is 0.576. The van der Waals surface area contributed by atoms with Crippen molar-refractivity contribution in [2.75, 3.05) is 37.0 Å². The van der Waals surface area contributed by atoms with Gasteiger partial charge in [0.1, 0.15) is 9.84 Å². The number of nitrogens with zero attached hydrogens (tertiary/aromatic N) is 2. The van der Waals surface area contributed by atoms with Crippen LogP contribution in [0.15, 0.2) is 29.3 Å². The minimum Gasteiger partial charge on any atom is -0.366 e. The predicted octanol–water partition coefficient (Wildman–Crippen LogP) is 1.43. The minimum atomic E-state index is -2.93. The average molecular weight is 367 g/mol. The summed E-state index contributed by atoms with van der Waals surface area (Å²) < 4.78 is 22.5. The molecule has 1 aliphatic rings. The van der Waals surface area contributed by atoms with E-state index in [0.29, 0.717) is 18.4 Å². The maximum atomic E-state index is 11.3. The van der Waals surface area contributed by atoms with Crippen molar-refractivity contribution < 1.29 is 8.42 Å². The Morgan fingerprint density at radius 1 is 1.32 bits per heavy atom. The molecule has 1 heterocycles. The first kappa shape index (κ1) is 19.6. The van der Waals surface area contributed by atoms with Gasteiger partial charge in [-0.05, 0) is 38.3 Å². The molecule has 0 saturated heterocycles. The van der Waals surface area contributed by atoms with E-state index in [1.807, 2.05) is 6.92 Å². The molecule has 7 heteroatoms. The molecule has 0 aliphatic carbocycles. The van der Waals surface area contributed by atoms with Crippen LogP contribution in [0.1, 0.15) is 25.8 Å². The summed E-state index contributed by atoms with van der Waals surface area (Å²) in [5.74, 6) is 0.888. The maximum Gasteiger partial charge on any atom is 0.191 e. The van der Waals surface area contributed by atoms with Gasteiger partial charge >= 0.3 is 0 Å². The second-order valence-electron chi connectivity index (χ2n) is 6.84. The molecule has 140 valence electrons. The number of hydrogen-bond acceptors (Lipinski definition) is 4. The molecule has 0 amide bonds. The molecule has 0 spiro atoms. The second kappa shape index (κ2) is 8.56. The third-order valence-corrected chi connectivity index (χ3v) is 5.53. The van der Waals surface area contributed by atoms with Crippen molar-refractivity contribution >= 4 is 21.5 Å². The molecule has 0 aromatic heterocycles. The number of nitrogens with one attached hydrogen (secondary N) is 2. The van der Waals surface area contributed by atoms with E-state index in [4.69, 9.17) is 0 Å². The molecule has 0 fully saturated rings. The van der Waals surface area contributed by atoms with Gasteiger partial charge in [0.25, 0.3) is 0 Å². The highest BCUT2D eigenvalue weighted by atomic mass is 32.2. The third-order valence-electron chi connectivity index (χ3n) is 4.55. The molecular weight excluding hydrogens is 336 g/mol. The van der Waals surface area contributed by atoms with Gasteiger partial charge in [0.15, 0.2) is 5.96 Å². The zero-order valence-corrected chi connectivity index (χ0v) is 16.4. The van der Waals surface area contributed by atoms with E-state index in [2.05, 4.69) is 51.7 Å². The van der Waals surface area contributed by atoms with Crippen molar-refractivity contribution in [3.63, 3.8) is 0 Å². The molecule has 1 aliphatic heterocycles. The highest BCUT2D eigenvalue weighted by molar-refractivity contribution is 7.90. The van der Waals surface area contributed by atoms with Gasteiger partial charge in [-0.25, -0.2) is 8.42 Å². The lowest BCUT2D eigenvalue weighted by Gasteiger charge is -2.28. The van der Waals surface area contributed by atoms with Crippen molar-refractivity contribution in [1.82, 2.24) is 10.6 Å². The molecule has 2 rings (SSSR count). The number of fused-ring (bicyclic) bond motifs is 1. The Morgan fingerprint density at radius 2 is 2.04 bits per heavy atom. The first-order valence-electron chi connectivity index (χ1n) is 8.79. The Morgan fingerprint density at radius 3 is 2.72 bits per heavy atom. The number of benzene rings is 1. The lowest BCUT2D eigenvalue weighted by atomic mass is 10.2. The summed E-state index contributed by atoms with van der Waals surface area (Å²) in [6, 6.07) is 8.94. The fourth-order valence-electron chi connectivity index (χ4n) is 3.07. The van der Waals surface area contributed by atoms with Crippen molar-refractivity contribution in [1.29, 1.82) is 0 Å². The largest absolute Gasteiger partial charge is 0.366 e. The molecule has 0 saturated carbocycles. The topological polar surface area (TPSA) is 73.8 Å². The maximum absolute atomic E-state index is 11.3. The zero-order valence-electron chi connectivity index (χ0n) is 15.6. The molecule has 1 aromatic rings. The molecule has 0 radical (unpaired) electrons. The smallest absolute Gasteiger partial charge is 0.191 e. The number of sulfone groups is 1. The van der Waals surface area contributed by atoms with E-state index < -0.39 is 9.84 Å². The second-order valence-corrected chi connectivity index (χ2v) is 9.10. The summed E-state index contributed by atoms with van der Waals surface area (Å²) in [4.78, 5) is 6.66. The van der Waals surface area contributed by atoms with Gasteiger partial charge in [-0.2, -0.15) is 0 Å². The monoisotopic (exact) mass is 366 g/mol. The summed E-state index contributed by atoms with van der Waals surface area (Å²) in [7, 11) is -1.20. The van der Waals surface area contributed by atoms with Crippen molar-refractivity contribution in [2.24, 2.45) is 4.99 Å². The quantitative estimate of drug-likeness (QED) is 0.564. The lowest BCUT2D eigenvalue weighted by Crippen LogP contribution is -2.48. The number of anilines is 1. The molecule has 0 bridgehead atoms. The van der Waals surface area contributed by atoms with Crippen LogP contribution < -0.4 is 15.5 Å². The van der Waals surface area contributed by atoms with Gasteiger partial charge < -0.3 is 15.5 Å². The fourth-order valence-corrected chi connectivity index (χ4v) is 3.85. The number of hydrogen-bond donors (Lipinski definition) is 2. The van der Waals surface area contributed by atoms with Crippen molar-refractivity contribution in [3.05, 3.63) is 29.8 Å². The predicted molar refractivity (Wildman–Crippen MR) is 105 cm³/mol. The summed E-state index contributed by atoms with van der Waals surface area (Å²) in [6.45, 7) is 5.99. The van der Waals surface area contributed by atoms with E-state index >= 15 is 0 Å². The van der Waals surface area contributed by atoms with Crippen LogP contribution in [-0.4, -0.2) is 58.6 Å². The van der Waals surface area contributed by atoms with Crippen LogP contribution in [0, 0.1) is 0 Å². The van der Waals surface area contributed by atoms with E-state index in [0.717, 1.165) is 19.5 Å². The number of guanidine groups is 1. The van der Waals surface area contributed by atoms with Crippen molar-refractivity contribution in [3.8, 4) is 0 Å². The van der Waals surface area contributed by atoms with Crippen LogP contribution in [0.3, 0.4) is 0 Å². The van der Waals surface area contributed by atoms with E-state index in [1.165, 1.54) is 17.5 Å². The van der Waals surface area contributed by atoms with Gasteiger partial charge in [-0.15, -0.1) is 0 Å². The van der Waals surface area contributed by atoms with Gasteiger partial charge in [-0.3, -0.25) is 4.99 Å². The van der Waals surface area contributed by atoms with E-state index in [-0.39, 0.29) is 11.8 Å². The Hall–Kier alpha value is -1.76. The highest BCUT2D eigenvalue weighted by Crippen LogP contribution is 2.28. The van der Waals surface area contributed by atoms with Gasteiger partial charge in [0.05, 0.1) is 5.75 Å². The Balaban J connectivity index is 1.83. The first-order valence-corrected chi connectivity index (χ1v) is 10.9. The molecule has 2 atom stereocenters.